The molecule has 2 aromatic carbocycles. The quantitative estimate of drug-likeness (QED) is 0.631. The van der Waals surface area contributed by atoms with E-state index >= 15 is 0 Å². The summed E-state index contributed by atoms with van der Waals surface area (Å²) >= 11 is 12.1. The average molecular weight is 387 g/mol. The van der Waals surface area contributed by atoms with Gasteiger partial charge in [-0.3, -0.25) is 4.79 Å². The van der Waals surface area contributed by atoms with Gasteiger partial charge in [0.25, 0.3) is 5.91 Å². The Morgan fingerprint density at radius 3 is 2.58 bits per heavy atom. The molecule has 1 heterocycles. The Morgan fingerprint density at radius 2 is 1.81 bits per heavy atom. The van der Waals surface area contributed by atoms with E-state index in [1.165, 1.54) is 12.3 Å². The van der Waals surface area contributed by atoms with Crippen LogP contribution in [0.2, 0.25) is 10.0 Å². The molecule has 3 aromatic rings. The largest absolute Gasteiger partial charge is 0.348 e. The van der Waals surface area contributed by atoms with Crippen molar-refractivity contribution in [3.05, 3.63) is 82.1 Å². The van der Waals surface area contributed by atoms with Crippen LogP contribution in [0.25, 0.3) is 0 Å². The third kappa shape index (κ3) is 4.31. The summed E-state index contributed by atoms with van der Waals surface area (Å²) in [6.45, 7) is 2.00. The SMILES string of the molecule is CC(Nc1nccc(C(=O)Nc2cccc(Cl)c2Cl)n1)c1ccccc1. The lowest BCUT2D eigenvalue weighted by molar-refractivity contribution is 0.102. The van der Waals surface area contributed by atoms with Crippen molar-refractivity contribution in [3.63, 3.8) is 0 Å². The van der Waals surface area contributed by atoms with Crippen LogP contribution >= 0.6 is 23.2 Å². The van der Waals surface area contributed by atoms with Crippen molar-refractivity contribution in [1.82, 2.24) is 9.97 Å². The molecule has 1 unspecified atom stereocenters. The fourth-order valence-corrected chi connectivity index (χ4v) is 2.71. The lowest BCUT2D eigenvalue weighted by Gasteiger charge is -2.14. The smallest absolute Gasteiger partial charge is 0.274 e. The first-order chi connectivity index (χ1) is 12.5. The second-order valence-electron chi connectivity index (χ2n) is 5.60. The van der Waals surface area contributed by atoms with E-state index < -0.39 is 5.91 Å². The van der Waals surface area contributed by atoms with Crippen LogP contribution in [0.15, 0.2) is 60.8 Å². The van der Waals surface area contributed by atoms with Gasteiger partial charge in [0.15, 0.2) is 0 Å². The van der Waals surface area contributed by atoms with Crippen LogP contribution in [-0.2, 0) is 0 Å². The second-order valence-corrected chi connectivity index (χ2v) is 6.38. The summed E-state index contributed by atoms with van der Waals surface area (Å²) in [7, 11) is 0. The molecule has 0 fully saturated rings. The molecule has 0 aliphatic rings. The van der Waals surface area contributed by atoms with Crippen LogP contribution in [0.1, 0.15) is 29.0 Å². The highest BCUT2D eigenvalue weighted by molar-refractivity contribution is 6.44. The maximum absolute atomic E-state index is 12.5. The Morgan fingerprint density at radius 1 is 1.04 bits per heavy atom. The van der Waals surface area contributed by atoms with Gasteiger partial charge in [-0.15, -0.1) is 0 Å². The van der Waals surface area contributed by atoms with Gasteiger partial charge in [0.1, 0.15) is 5.69 Å². The third-order valence-corrected chi connectivity index (χ3v) is 4.55. The third-order valence-electron chi connectivity index (χ3n) is 3.73. The van der Waals surface area contributed by atoms with Crippen molar-refractivity contribution in [2.24, 2.45) is 0 Å². The average Bonchev–Trinajstić information content (AvgIpc) is 2.66. The summed E-state index contributed by atoms with van der Waals surface area (Å²) in [5.74, 6) is -0.0295. The number of aromatic nitrogens is 2. The molecule has 0 bridgehead atoms. The molecule has 3 rings (SSSR count). The van der Waals surface area contributed by atoms with E-state index in [0.717, 1.165) is 5.56 Å². The normalized spacial score (nSPS) is 11.7. The van der Waals surface area contributed by atoms with Gasteiger partial charge < -0.3 is 10.6 Å². The van der Waals surface area contributed by atoms with Crippen LogP contribution in [-0.4, -0.2) is 15.9 Å². The van der Waals surface area contributed by atoms with Crippen molar-refractivity contribution in [2.45, 2.75) is 13.0 Å². The van der Waals surface area contributed by atoms with Crippen molar-refractivity contribution < 1.29 is 4.79 Å². The highest BCUT2D eigenvalue weighted by Gasteiger charge is 2.13. The molecule has 1 aromatic heterocycles. The first-order valence-electron chi connectivity index (χ1n) is 7.94. The van der Waals surface area contributed by atoms with Gasteiger partial charge in [0.2, 0.25) is 5.95 Å². The molecule has 5 nitrogen and oxygen atoms in total. The summed E-state index contributed by atoms with van der Waals surface area (Å²) < 4.78 is 0. The minimum absolute atomic E-state index is 0.00288. The topological polar surface area (TPSA) is 66.9 Å². The fourth-order valence-electron chi connectivity index (χ4n) is 2.36. The molecule has 1 atom stereocenters. The number of anilines is 2. The van der Waals surface area contributed by atoms with E-state index in [4.69, 9.17) is 23.2 Å². The van der Waals surface area contributed by atoms with E-state index in [0.29, 0.717) is 16.7 Å². The molecular weight excluding hydrogens is 371 g/mol. The van der Waals surface area contributed by atoms with E-state index in [1.54, 1.807) is 18.2 Å². The number of carbonyl (C=O) groups is 1. The number of halogens is 2. The van der Waals surface area contributed by atoms with Crippen LogP contribution < -0.4 is 10.6 Å². The van der Waals surface area contributed by atoms with E-state index in [-0.39, 0.29) is 16.8 Å². The van der Waals surface area contributed by atoms with E-state index in [2.05, 4.69) is 20.6 Å². The molecule has 0 radical (unpaired) electrons. The lowest BCUT2D eigenvalue weighted by atomic mass is 10.1. The zero-order valence-electron chi connectivity index (χ0n) is 13.9. The van der Waals surface area contributed by atoms with Crippen LogP contribution in [0.3, 0.4) is 0 Å². The summed E-state index contributed by atoms with van der Waals surface area (Å²) in [5, 5.41) is 6.55. The number of hydrogen-bond acceptors (Lipinski definition) is 4. The van der Waals surface area contributed by atoms with Gasteiger partial charge in [-0.05, 0) is 30.7 Å². The summed E-state index contributed by atoms with van der Waals surface area (Å²) in [4.78, 5) is 20.9. The number of hydrogen-bond donors (Lipinski definition) is 2. The predicted molar refractivity (Wildman–Crippen MR) is 105 cm³/mol. The number of nitrogens with zero attached hydrogens (tertiary/aromatic N) is 2. The van der Waals surface area contributed by atoms with Crippen LogP contribution in [0.5, 0.6) is 0 Å². The Labute approximate surface area is 161 Å². The molecule has 0 saturated carbocycles. The number of rotatable bonds is 5. The number of carbonyl (C=O) groups excluding carboxylic acids is 1. The molecule has 7 heteroatoms. The molecule has 2 N–H and O–H groups in total. The molecular formula is C19H16Cl2N4O. The van der Waals surface area contributed by atoms with Gasteiger partial charge in [0.05, 0.1) is 21.8 Å². The second kappa shape index (κ2) is 8.17. The van der Waals surface area contributed by atoms with Gasteiger partial charge >= 0.3 is 0 Å². The Hall–Kier alpha value is -2.63. The molecule has 0 saturated heterocycles. The molecule has 0 aliphatic heterocycles. The fraction of sp³-hybridized carbons (Fsp3) is 0.105. The van der Waals surface area contributed by atoms with Gasteiger partial charge in [0, 0.05) is 6.20 Å². The Bertz CT molecular complexity index is 918. The van der Waals surface area contributed by atoms with Gasteiger partial charge in [-0.1, -0.05) is 59.6 Å². The first-order valence-corrected chi connectivity index (χ1v) is 8.70. The standard InChI is InChI=1S/C19H16Cl2N4O/c1-12(13-6-3-2-4-7-13)23-19-22-11-10-16(25-19)18(26)24-15-9-5-8-14(20)17(15)21/h2-12H,1H3,(H,24,26)(H,22,23,25). The number of amides is 1. The predicted octanol–water partition coefficient (Wildman–Crippen LogP) is 5.21. The minimum Gasteiger partial charge on any atom is -0.348 e. The van der Waals surface area contributed by atoms with Crippen molar-refractivity contribution in [2.75, 3.05) is 10.6 Å². The van der Waals surface area contributed by atoms with Crippen molar-refractivity contribution >= 4 is 40.7 Å². The lowest BCUT2D eigenvalue weighted by Crippen LogP contribution is -2.16. The number of benzene rings is 2. The zero-order chi connectivity index (χ0) is 18.5. The van der Waals surface area contributed by atoms with Gasteiger partial charge in [-0.25, -0.2) is 9.97 Å². The first kappa shape index (κ1) is 18.2. The number of nitrogens with one attached hydrogen (secondary N) is 2. The molecule has 132 valence electrons. The Balaban J connectivity index is 1.74. The summed E-state index contributed by atoms with van der Waals surface area (Å²) in [6.07, 6.45) is 1.53. The molecule has 0 spiro atoms. The minimum atomic E-state index is -0.396. The zero-order valence-corrected chi connectivity index (χ0v) is 15.4. The monoisotopic (exact) mass is 386 g/mol. The highest BCUT2D eigenvalue weighted by Crippen LogP contribution is 2.29. The summed E-state index contributed by atoms with van der Waals surface area (Å²) in [6, 6.07) is 16.5. The molecule has 0 aliphatic carbocycles. The van der Waals surface area contributed by atoms with Crippen molar-refractivity contribution in [3.8, 4) is 0 Å². The maximum Gasteiger partial charge on any atom is 0.274 e. The molecule has 1 amide bonds. The van der Waals surface area contributed by atoms with Crippen molar-refractivity contribution in [1.29, 1.82) is 0 Å². The van der Waals surface area contributed by atoms with E-state index in [9.17, 15) is 4.79 Å². The highest BCUT2D eigenvalue weighted by atomic mass is 35.5. The molecule has 26 heavy (non-hydrogen) atoms. The van der Waals surface area contributed by atoms with Gasteiger partial charge in [-0.2, -0.15) is 0 Å². The van der Waals surface area contributed by atoms with Crippen LogP contribution in [0.4, 0.5) is 11.6 Å². The maximum atomic E-state index is 12.5. The van der Waals surface area contributed by atoms with Crippen LogP contribution in [0, 0.1) is 0 Å². The Kier molecular flexibility index (Phi) is 5.71. The van der Waals surface area contributed by atoms with E-state index in [1.807, 2.05) is 37.3 Å². The summed E-state index contributed by atoms with van der Waals surface area (Å²) in [5.41, 5.74) is 1.74.